The number of aryl methyl sites for hydroxylation is 1. The number of hydrogen-bond acceptors (Lipinski definition) is 6. The number of ether oxygens (including phenoxy) is 2. The van der Waals surface area contributed by atoms with Crippen molar-refractivity contribution < 1.29 is 18.7 Å². The Balaban J connectivity index is 1.67. The van der Waals surface area contributed by atoms with E-state index in [1.165, 1.54) is 6.39 Å². The van der Waals surface area contributed by atoms with Crippen molar-refractivity contribution in [3.63, 3.8) is 0 Å². The maximum Gasteiger partial charge on any atom is 0.291 e. The van der Waals surface area contributed by atoms with Crippen LogP contribution in [0.1, 0.15) is 29.1 Å². The zero-order chi connectivity index (χ0) is 16.1. The van der Waals surface area contributed by atoms with Gasteiger partial charge in [0.25, 0.3) is 5.91 Å². The highest BCUT2D eigenvalue weighted by Gasteiger charge is 2.29. The lowest BCUT2D eigenvalue weighted by Gasteiger charge is -2.36. The molecule has 7 heteroatoms. The summed E-state index contributed by atoms with van der Waals surface area (Å²) in [7, 11) is 0. The fourth-order valence-electron chi connectivity index (χ4n) is 3.16. The molecule has 1 amide bonds. The molecule has 0 unspecified atom stereocenters. The van der Waals surface area contributed by atoms with Gasteiger partial charge in [-0.05, 0) is 19.8 Å². The second kappa shape index (κ2) is 7.90. The molecule has 3 rings (SSSR count). The topological polar surface area (TPSA) is 68.0 Å². The van der Waals surface area contributed by atoms with Crippen molar-refractivity contribution in [1.82, 2.24) is 14.8 Å². The molecule has 1 aromatic rings. The molecule has 0 saturated carbocycles. The molecule has 2 aliphatic heterocycles. The molecule has 2 fully saturated rings. The molecule has 0 N–H and O–H groups in total. The summed E-state index contributed by atoms with van der Waals surface area (Å²) in [4.78, 5) is 21.2. The number of amides is 1. The SMILES string of the molecule is Cc1ncoc1C(=O)N(CCN1CCOCC1)C1CCOCC1. The molecular weight excluding hydrogens is 298 g/mol. The lowest BCUT2D eigenvalue weighted by Crippen LogP contribution is -2.48. The van der Waals surface area contributed by atoms with E-state index < -0.39 is 0 Å². The van der Waals surface area contributed by atoms with Crippen LogP contribution in [0.4, 0.5) is 0 Å². The molecule has 0 bridgehead atoms. The maximum absolute atomic E-state index is 12.9. The fraction of sp³-hybridized carbons (Fsp3) is 0.750. The van der Waals surface area contributed by atoms with E-state index in [1.807, 2.05) is 4.90 Å². The molecule has 0 aliphatic carbocycles. The molecule has 7 nitrogen and oxygen atoms in total. The minimum absolute atomic E-state index is 0.0554. The first kappa shape index (κ1) is 16.4. The Morgan fingerprint density at radius 1 is 1.26 bits per heavy atom. The molecule has 0 aromatic carbocycles. The molecule has 1 aromatic heterocycles. The number of nitrogens with zero attached hydrogens (tertiary/aromatic N) is 3. The third kappa shape index (κ3) is 4.10. The normalized spacial score (nSPS) is 20.6. The molecule has 2 aliphatic rings. The summed E-state index contributed by atoms with van der Waals surface area (Å²) in [6.07, 6.45) is 3.09. The Bertz CT molecular complexity index is 507. The van der Waals surface area contributed by atoms with Crippen LogP contribution in [0.5, 0.6) is 0 Å². The van der Waals surface area contributed by atoms with Crippen LogP contribution >= 0.6 is 0 Å². The number of morpholine rings is 1. The minimum Gasteiger partial charge on any atom is -0.438 e. The fourth-order valence-corrected chi connectivity index (χ4v) is 3.16. The smallest absolute Gasteiger partial charge is 0.291 e. The van der Waals surface area contributed by atoms with E-state index in [0.717, 1.165) is 45.7 Å². The molecule has 3 heterocycles. The Morgan fingerprint density at radius 2 is 1.96 bits per heavy atom. The zero-order valence-electron chi connectivity index (χ0n) is 13.7. The van der Waals surface area contributed by atoms with Gasteiger partial charge in [0.05, 0.1) is 18.9 Å². The van der Waals surface area contributed by atoms with E-state index in [0.29, 0.717) is 31.2 Å². The van der Waals surface area contributed by atoms with Crippen LogP contribution in [-0.4, -0.2) is 79.3 Å². The van der Waals surface area contributed by atoms with E-state index in [9.17, 15) is 4.79 Å². The number of carbonyl (C=O) groups excluding carboxylic acids is 1. The highest BCUT2D eigenvalue weighted by Crippen LogP contribution is 2.19. The highest BCUT2D eigenvalue weighted by molar-refractivity contribution is 5.92. The predicted molar refractivity (Wildman–Crippen MR) is 83.4 cm³/mol. The molecule has 23 heavy (non-hydrogen) atoms. The van der Waals surface area contributed by atoms with E-state index in [4.69, 9.17) is 13.9 Å². The van der Waals surface area contributed by atoms with Gasteiger partial charge in [0, 0.05) is 45.4 Å². The van der Waals surface area contributed by atoms with Gasteiger partial charge in [-0.15, -0.1) is 0 Å². The van der Waals surface area contributed by atoms with Crippen LogP contribution in [0.3, 0.4) is 0 Å². The lowest BCUT2D eigenvalue weighted by atomic mass is 10.1. The average molecular weight is 323 g/mol. The monoisotopic (exact) mass is 323 g/mol. The Kier molecular flexibility index (Phi) is 5.64. The van der Waals surface area contributed by atoms with Gasteiger partial charge in [0.2, 0.25) is 5.76 Å². The Morgan fingerprint density at radius 3 is 2.61 bits per heavy atom. The predicted octanol–water partition coefficient (Wildman–Crippen LogP) is 0.936. The van der Waals surface area contributed by atoms with Crippen molar-refractivity contribution in [2.75, 3.05) is 52.6 Å². The third-order valence-corrected chi connectivity index (χ3v) is 4.59. The van der Waals surface area contributed by atoms with E-state index in [2.05, 4.69) is 9.88 Å². The van der Waals surface area contributed by atoms with Crippen molar-refractivity contribution in [2.45, 2.75) is 25.8 Å². The van der Waals surface area contributed by atoms with Gasteiger partial charge in [0.15, 0.2) is 6.39 Å². The van der Waals surface area contributed by atoms with Crippen molar-refractivity contribution in [3.8, 4) is 0 Å². The lowest BCUT2D eigenvalue weighted by molar-refractivity contribution is 0.0129. The van der Waals surface area contributed by atoms with Crippen molar-refractivity contribution >= 4 is 5.91 Å². The van der Waals surface area contributed by atoms with Gasteiger partial charge >= 0.3 is 0 Å². The Labute approximate surface area is 136 Å². The molecule has 0 spiro atoms. The second-order valence-corrected chi connectivity index (χ2v) is 6.06. The molecule has 128 valence electrons. The largest absolute Gasteiger partial charge is 0.438 e. The van der Waals surface area contributed by atoms with E-state index >= 15 is 0 Å². The number of aromatic nitrogens is 1. The molecule has 2 saturated heterocycles. The van der Waals surface area contributed by atoms with Crippen LogP contribution in [0, 0.1) is 6.92 Å². The van der Waals surface area contributed by atoms with Crippen LogP contribution in [0.15, 0.2) is 10.8 Å². The summed E-state index contributed by atoms with van der Waals surface area (Å²) in [5, 5.41) is 0. The van der Waals surface area contributed by atoms with Gasteiger partial charge in [-0.25, -0.2) is 4.98 Å². The van der Waals surface area contributed by atoms with Gasteiger partial charge in [0.1, 0.15) is 0 Å². The second-order valence-electron chi connectivity index (χ2n) is 6.06. The summed E-state index contributed by atoms with van der Waals surface area (Å²) in [6, 6.07) is 0.210. The number of carbonyl (C=O) groups is 1. The van der Waals surface area contributed by atoms with Gasteiger partial charge in [-0.1, -0.05) is 0 Å². The summed E-state index contributed by atoms with van der Waals surface area (Å²) in [5.74, 6) is 0.304. The van der Waals surface area contributed by atoms with Crippen LogP contribution in [0.2, 0.25) is 0 Å². The first-order chi connectivity index (χ1) is 11.3. The standard InChI is InChI=1S/C16H25N3O4/c1-13-15(23-12-17-13)16(20)19(14-2-8-21-9-3-14)5-4-18-6-10-22-11-7-18/h12,14H,2-11H2,1H3. The zero-order valence-corrected chi connectivity index (χ0v) is 13.7. The van der Waals surface area contributed by atoms with Crippen molar-refractivity contribution in [1.29, 1.82) is 0 Å². The molecular formula is C16H25N3O4. The summed E-state index contributed by atoms with van der Waals surface area (Å²) < 4.78 is 16.1. The summed E-state index contributed by atoms with van der Waals surface area (Å²) >= 11 is 0. The Hall–Kier alpha value is -1.44. The number of hydrogen-bond donors (Lipinski definition) is 0. The maximum atomic E-state index is 12.9. The van der Waals surface area contributed by atoms with E-state index in [1.54, 1.807) is 6.92 Å². The minimum atomic E-state index is -0.0554. The van der Waals surface area contributed by atoms with Crippen molar-refractivity contribution in [3.05, 3.63) is 17.8 Å². The molecule has 0 radical (unpaired) electrons. The van der Waals surface area contributed by atoms with Crippen molar-refractivity contribution in [2.24, 2.45) is 0 Å². The van der Waals surface area contributed by atoms with Gasteiger partial charge in [-0.3, -0.25) is 9.69 Å². The summed E-state index contributed by atoms with van der Waals surface area (Å²) in [6.45, 7) is 8.18. The average Bonchev–Trinajstić information content (AvgIpc) is 3.03. The van der Waals surface area contributed by atoms with Gasteiger partial charge in [-0.2, -0.15) is 0 Å². The van der Waals surface area contributed by atoms with Crippen LogP contribution in [0.25, 0.3) is 0 Å². The first-order valence-corrected chi connectivity index (χ1v) is 8.34. The highest BCUT2D eigenvalue weighted by atomic mass is 16.5. The number of oxazole rings is 1. The quantitative estimate of drug-likeness (QED) is 0.803. The summed E-state index contributed by atoms with van der Waals surface area (Å²) in [5.41, 5.74) is 0.651. The van der Waals surface area contributed by atoms with E-state index in [-0.39, 0.29) is 11.9 Å². The van der Waals surface area contributed by atoms with Gasteiger partial charge < -0.3 is 18.8 Å². The molecule has 0 atom stereocenters. The third-order valence-electron chi connectivity index (χ3n) is 4.59. The number of rotatable bonds is 5. The van der Waals surface area contributed by atoms with Crippen LogP contribution < -0.4 is 0 Å². The van der Waals surface area contributed by atoms with Crippen LogP contribution in [-0.2, 0) is 9.47 Å². The first-order valence-electron chi connectivity index (χ1n) is 8.34.